The zero-order valence-corrected chi connectivity index (χ0v) is 22.7. The standard InChI is InChI=1S/C26H37N3O6S/c1-7-14-27-26(31)22(8-2)28(17-20-11-9-10-19(3)15-20)25(30)18-29(36(6,32)33)23-13-12-21(34-4)16-24(23)35-5/h9-13,15-16,22H,7-8,14,17-18H2,1-6H3,(H,27,31)/t22-/m1/s1. The number of amides is 2. The molecule has 0 aliphatic carbocycles. The van der Waals surface area contributed by atoms with Gasteiger partial charge in [-0.15, -0.1) is 0 Å². The van der Waals surface area contributed by atoms with Crippen molar-refractivity contribution in [3.63, 3.8) is 0 Å². The van der Waals surface area contributed by atoms with Gasteiger partial charge in [-0.05, 0) is 37.5 Å². The van der Waals surface area contributed by atoms with Crippen LogP contribution < -0.4 is 19.1 Å². The maximum Gasteiger partial charge on any atom is 0.244 e. The summed E-state index contributed by atoms with van der Waals surface area (Å²) in [5, 5.41) is 2.86. The molecule has 0 heterocycles. The van der Waals surface area contributed by atoms with Crippen LogP contribution in [0.25, 0.3) is 0 Å². The minimum atomic E-state index is -3.88. The summed E-state index contributed by atoms with van der Waals surface area (Å²) < 4.78 is 37.2. The molecule has 2 aromatic carbocycles. The third kappa shape index (κ3) is 7.61. The molecule has 1 N–H and O–H groups in total. The molecule has 36 heavy (non-hydrogen) atoms. The SMILES string of the molecule is CCCNC(=O)[C@@H](CC)N(Cc1cccc(C)c1)C(=O)CN(c1ccc(OC)cc1OC)S(C)(=O)=O. The Labute approximate surface area is 214 Å². The zero-order chi connectivity index (χ0) is 26.9. The molecule has 0 aliphatic rings. The maximum atomic E-state index is 13.7. The van der Waals surface area contributed by atoms with Crippen molar-refractivity contribution in [1.82, 2.24) is 10.2 Å². The van der Waals surface area contributed by atoms with Crippen LogP contribution in [0.15, 0.2) is 42.5 Å². The Kier molecular flexibility index (Phi) is 10.6. The van der Waals surface area contributed by atoms with Crippen molar-refractivity contribution in [3.05, 3.63) is 53.6 Å². The Bertz CT molecular complexity index is 1150. The second kappa shape index (κ2) is 13.2. The Morgan fingerprint density at radius 2 is 1.78 bits per heavy atom. The van der Waals surface area contributed by atoms with Crippen LogP contribution in [-0.2, 0) is 26.2 Å². The molecule has 2 rings (SSSR count). The molecule has 0 saturated carbocycles. The van der Waals surface area contributed by atoms with E-state index < -0.39 is 28.5 Å². The van der Waals surface area contributed by atoms with Gasteiger partial charge in [-0.25, -0.2) is 8.42 Å². The summed E-state index contributed by atoms with van der Waals surface area (Å²) in [6, 6.07) is 11.6. The van der Waals surface area contributed by atoms with E-state index in [0.717, 1.165) is 28.1 Å². The largest absolute Gasteiger partial charge is 0.497 e. The number of ether oxygens (including phenoxy) is 2. The number of nitrogens with zero attached hydrogens (tertiary/aromatic N) is 2. The van der Waals surface area contributed by atoms with Gasteiger partial charge in [0.15, 0.2) is 0 Å². The minimum Gasteiger partial charge on any atom is -0.497 e. The van der Waals surface area contributed by atoms with Crippen molar-refractivity contribution in [2.24, 2.45) is 0 Å². The molecule has 0 fully saturated rings. The van der Waals surface area contributed by atoms with Gasteiger partial charge in [-0.3, -0.25) is 13.9 Å². The number of hydrogen-bond acceptors (Lipinski definition) is 6. The number of methoxy groups -OCH3 is 2. The lowest BCUT2D eigenvalue weighted by Crippen LogP contribution is -2.52. The average Bonchev–Trinajstić information content (AvgIpc) is 2.84. The van der Waals surface area contributed by atoms with E-state index in [4.69, 9.17) is 9.47 Å². The maximum absolute atomic E-state index is 13.7. The molecule has 198 valence electrons. The summed E-state index contributed by atoms with van der Waals surface area (Å²) in [4.78, 5) is 28.2. The number of nitrogens with one attached hydrogen (secondary N) is 1. The van der Waals surface area contributed by atoms with E-state index in [1.807, 2.05) is 45.0 Å². The number of carbonyl (C=O) groups excluding carboxylic acids is 2. The summed E-state index contributed by atoms with van der Waals surface area (Å²) in [6.45, 7) is 5.88. The second-order valence-electron chi connectivity index (χ2n) is 8.53. The summed E-state index contributed by atoms with van der Waals surface area (Å²) in [7, 11) is -0.978. The molecule has 1 atom stereocenters. The van der Waals surface area contributed by atoms with Crippen molar-refractivity contribution in [3.8, 4) is 11.5 Å². The number of rotatable bonds is 13. The van der Waals surface area contributed by atoms with Crippen molar-refractivity contribution in [2.75, 3.05) is 37.9 Å². The van der Waals surface area contributed by atoms with Gasteiger partial charge in [0.2, 0.25) is 21.8 Å². The van der Waals surface area contributed by atoms with Crippen LogP contribution in [0.2, 0.25) is 0 Å². The number of aryl methyl sites for hydroxylation is 1. The zero-order valence-electron chi connectivity index (χ0n) is 21.9. The van der Waals surface area contributed by atoms with Gasteiger partial charge in [-0.2, -0.15) is 0 Å². The van der Waals surface area contributed by atoms with E-state index in [0.29, 0.717) is 18.7 Å². The fourth-order valence-electron chi connectivity index (χ4n) is 3.88. The van der Waals surface area contributed by atoms with Crippen LogP contribution in [-0.4, -0.2) is 64.7 Å². The van der Waals surface area contributed by atoms with Crippen molar-refractivity contribution in [2.45, 2.75) is 46.2 Å². The normalized spacial score (nSPS) is 11.9. The number of sulfonamides is 1. The fraction of sp³-hybridized carbons (Fsp3) is 0.462. The molecule has 0 aliphatic heterocycles. The third-order valence-corrected chi connectivity index (χ3v) is 6.83. The number of benzene rings is 2. The van der Waals surface area contributed by atoms with Gasteiger partial charge < -0.3 is 19.7 Å². The highest BCUT2D eigenvalue weighted by atomic mass is 32.2. The molecule has 0 bridgehead atoms. The number of anilines is 1. The summed E-state index contributed by atoms with van der Waals surface area (Å²) in [5.74, 6) is -0.0489. The smallest absolute Gasteiger partial charge is 0.244 e. The van der Waals surface area contributed by atoms with E-state index in [-0.39, 0.29) is 23.9 Å². The van der Waals surface area contributed by atoms with Crippen LogP contribution in [0.1, 0.15) is 37.8 Å². The van der Waals surface area contributed by atoms with E-state index in [9.17, 15) is 18.0 Å². The van der Waals surface area contributed by atoms with Crippen LogP contribution in [0, 0.1) is 6.92 Å². The van der Waals surface area contributed by atoms with Gasteiger partial charge in [-0.1, -0.05) is 43.7 Å². The van der Waals surface area contributed by atoms with Crippen LogP contribution in [0.4, 0.5) is 5.69 Å². The Hall–Kier alpha value is -3.27. The van der Waals surface area contributed by atoms with Crippen molar-refractivity contribution < 1.29 is 27.5 Å². The number of hydrogen-bond donors (Lipinski definition) is 1. The van der Waals surface area contributed by atoms with E-state index >= 15 is 0 Å². The highest BCUT2D eigenvalue weighted by Crippen LogP contribution is 2.33. The minimum absolute atomic E-state index is 0.163. The van der Waals surface area contributed by atoms with Crippen LogP contribution >= 0.6 is 0 Å². The van der Waals surface area contributed by atoms with Crippen LogP contribution in [0.5, 0.6) is 11.5 Å². The fourth-order valence-corrected chi connectivity index (χ4v) is 4.73. The van der Waals surface area contributed by atoms with Crippen molar-refractivity contribution >= 4 is 27.5 Å². The molecule has 2 amide bonds. The lowest BCUT2D eigenvalue weighted by molar-refractivity contribution is -0.140. The predicted octanol–water partition coefficient (Wildman–Crippen LogP) is 3.11. The first-order valence-electron chi connectivity index (χ1n) is 11.9. The molecule has 0 radical (unpaired) electrons. The highest BCUT2D eigenvalue weighted by molar-refractivity contribution is 7.92. The van der Waals surface area contributed by atoms with E-state index in [1.54, 1.807) is 12.1 Å². The first kappa shape index (κ1) is 29.0. The topological polar surface area (TPSA) is 105 Å². The number of carbonyl (C=O) groups is 2. The highest BCUT2D eigenvalue weighted by Gasteiger charge is 2.32. The Balaban J connectivity index is 2.49. The van der Waals surface area contributed by atoms with Crippen molar-refractivity contribution in [1.29, 1.82) is 0 Å². The van der Waals surface area contributed by atoms with E-state index in [1.165, 1.54) is 25.2 Å². The molecule has 0 aromatic heterocycles. The summed E-state index contributed by atoms with van der Waals surface area (Å²) in [6.07, 6.45) is 2.16. The third-order valence-electron chi connectivity index (χ3n) is 5.71. The Morgan fingerprint density at radius 1 is 1.06 bits per heavy atom. The molecular formula is C26H37N3O6S. The van der Waals surface area contributed by atoms with Crippen LogP contribution in [0.3, 0.4) is 0 Å². The van der Waals surface area contributed by atoms with Gasteiger partial charge >= 0.3 is 0 Å². The lowest BCUT2D eigenvalue weighted by atomic mass is 10.1. The van der Waals surface area contributed by atoms with E-state index in [2.05, 4.69) is 5.32 Å². The monoisotopic (exact) mass is 519 g/mol. The molecule has 10 heteroatoms. The van der Waals surface area contributed by atoms with Gasteiger partial charge in [0.05, 0.1) is 26.2 Å². The molecule has 0 saturated heterocycles. The molecule has 0 spiro atoms. The first-order chi connectivity index (χ1) is 17.0. The Morgan fingerprint density at radius 3 is 2.33 bits per heavy atom. The lowest BCUT2D eigenvalue weighted by Gasteiger charge is -2.33. The molecule has 9 nitrogen and oxygen atoms in total. The molecule has 2 aromatic rings. The molecule has 0 unspecified atom stereocenters. The second-order valence-corrected chi connectivity index (χ2v) is 10.4. The average molecular weight is 520 g/mol. The quantitative estimate of drug-likeness (QED) is 0.436. The molecular weight excluding hydrogens is 482 g/mol. The first-order valence-corrected chi connectivity index (χ1v) is 13.7. The van der Waals surface area contributed by atoms with Gasteiger partial charge in [0, 0.05) is 19.2 Å². The van der Waals surface area contributed by atoms with Gasteiger partial charge in [0.25, 0.3) is 0 Å². The summed E-state index contributed by atoms with van der Waals surface area (Å²) >= 11 is 0. The summed E-state index contributed by atoms with van der Waals surface area (Å²) in [5.41, 5.74) is 2.07. The van der Waals surface area contributed by atoms with Gasteiger partial charge in [0.1, 0.15) is 24.1 Å². The predicted molar refractivity (Wildman–Crippen MR) is 141 cm³/mol.